The quantitative estimate of drug-likeness (QED) is 0.669. The molecule has 0 bridgehead atoms. The summed E-state index contributed by atoms with van der Waals surface area (Å²) in [5, 5.41) is 24.6. The molecule has 1 saturated carbocycles. The molecule has 0 radical (unpaired) electrons. The van der Waals surface area contributed by atoms with Crippen molar-refractivity contribution in [1.82, 2.24) is 0 Å². The molecule has 2 unspecified atom stereocenters. The van der Waals surface area contributed by atoms with Crippen molar-refractivity contribution in [3.63, 3.8) is 0 Å². The van der Waals surface area contributed by atoms with Crippen LogP contribution in [0.5, 0.6) is 0 Å². The highest BCUT2D eigenvalue weighted by Gasteiger charge is 2.21. The van der Waals surface area contributed by atoms with E-state index in [0.717, 1.165) is 5.92 Å². The van der Waals surface area contributed by atoms with Crippen LogP contribution in [-0.2, 0) is 4.74 Å². The van der Waals surface area contributed by atoms with Crippen molar-refractivity contribution in [3.05, 3.63) is 0 Å². The van der Waals surface area contributed by atoms with Crippen LogP contribution >= 0.6 is 0 Å². The summed E-state index contributed by atoms with van der Waals surface area (Å²) in [6.45, 7) is 9.52. The predicted octanol–water partition coefficient (Wildman–Crippen LogP) is 1.92. The Labute approximate surface area is 106 Å². The highest BCUT2D eigenvalue weighted by atomic mass is 16.5. The van der Waals surface area contributed by atoms with Crippen LogP contribution in [0.25, 0.3) is 0 Å². The lowest BCUT2D eigenvalue weighted by Gasteiger charge is -2.09. The fraction of sp³-hybridized carbons (Fsp3) is 1.00. The standard InChI is InChI=1S/C8H16O2.C3H8O2.C2H6/c1-7-2-3-8(6-7)10-5-4-9;1-3(2,4)5;1-2/h7-9H,2-6H2,1H3;4-5H,1-2H3;1-2H3. The molecule has 0 saturated heterocycles. The van der Waals surface area contributed by atoms with Crippen LogP contribution in [0.1, 0.15) is 53.9 Å². The second-order valence-electron chi connectivity index (χ2n) is 4.63. The van der Waals surface area contributed by atoms with Gasteiger partial charge in [0, 0.05) is 0 Å². The molecule has 4 nitrogen and oxygen atoms in total. The maximum atomic E-state index is 8.47. The SMILES string of the molecule is CC.CC(C)(O)O.CC1CCC(OCCO)C1. The van der Waals surface area contributed by atoms with Crippen LogP contribution in [-0.4, -0.2) is 40.4 Å². The van der Waals surface area contributed by atoms with E-state index in [-0.39, 0.29) is 6.61 Å². The third-order valence-corrected chi connectivity index (χ3v) is 2.09. The summed E-state index contributed by atoms with van der Waals surface area (Å²) in [6.07, 6.45) is 4.08. The van der Waals surface area contributed by atoms with Crippen LogP contribution < -0.4 is 0 Å². The molecule has 0 spiro atoms. The van der Waals surface area contributed by atoms with Gasteiger partial charge in [-0.05, 0) is 39.0 Å². The van der Waals surface area contributed by atoms with E-state index in [9.17, 15) is 0 Å². The van der Waals surface area contributed by atoms with Gasteiger partial charge in [-0.1, -0.05) is 20.8 Å². The first-order valence-corrected chi connectivity index (χ1v) is 6.50. The summed E-state index contributed by atoms with van der Waals surface area (Å²) in [4.78, 5) is 0. The second kappa shape index (κ2) is 11.0. The average Bonchev–Trinajstić information content (AvgIpc) is 2.62. The maximum Gasteiger partial charge on any atom is 0.156 e. The van der Waals surface area contributed by atoms with Crippen molar-refractivity contribution in [1.29, 1.82) is 0 Å². The Hall–Kier alpha value is -0.160. The average molecular weight is 250 g/mol. The van der Waals surface area contributed by atoms with Crippen LogP contribution in [0.4, 0.5) is 0 Å². The number of hydrogen-bond donors (Lipinski definition) is 3. The lowest BCUT2D eigenvalue weighted by Crippen LogP contribution is -2.15. The predicted molar refractivity (Wildman–Crippen MR) is 69.7 cm³/mol. The van der Waals surface area contributed by atoms with Crippen LogP contribution in [0, 0.1) is 5.92 Å². The molecule has 3 N–H and O–H groups in total. The van der Waals surface area contributed by atoms with E-state index in [0.29, 0.717) is 12.7 Å². The Morgan fingerprint density at radius 1 is 1.18 bits per heavy atom. The lowest BCUT2D eigenvalue weighted by atomic mass is 10.1. The van der Waals surface area contributed by atoms with Gasteiger partial charge in [0.25, 0.3) is 0 Å². The molecule has 0 aliphatic heterocycles. The van der Waals surface area contributed by atoms with Crippen molar-refractivity contribution in [2.24, 2.45) is 5.92 Å². The highest BCUT2D eigenvalue weighted by molar-refractivity contribution is 4.72. The first-order chi connectivity index (χ1) is 7.83. The number of rotatable bonds is 3. The maximum absolute atomic E-state index is 8.47. The van der Waals surface area contributed by atoms with Gasteiger partial charge in [0.1, 0.15) is 0 Å². The van der Waals surface area contributed by atoms with Gasteiger partial charge in [0.15, 0.2) is 5.79 Å². The Morgan fingerprint density at radius 3 is 1.94 bits per heavy atom. The molecular formula is C13H30O4. The van der Waals surface area contributed by atoms with Crippen molar-refractivity contribution in [2.45, 2.75) is 65.8 Å². The monoisotopic (exact) mass is 250 g/mol. The summed E-state index contributed by atoms with van der Waals surface area (Å²) >= 11 is 0. The van der Waals surface area contributed by atoms with E-state index < -0.39 is 5.79 Å². The van der Waals surface area contributed by atoms with Gasteiger partial charge in [0.2, 0.25) is 0 Å². The molecule has 0 aromatic carbocycles. The molecule has 2 atom stereocenters. The van der Waals surface area contributed by atoms with E-state index in [1.807, 2.05) is 13.8 Å². The zero-order chi connectivity index (χ0) is 13.9. The van der Waals surface area contributed by atoms with Gasteiger partial charge < -0.3 is 20.1 Å². The number of aliphatic hydroxyl groups excluding tert-OH is 1. The third-order valence-electron chi connectivity index (χ3n) is 2.09. The summed E-state index contributed by atoms with van der Waals surface area (Å²) < 4.78 is 5.37. The largest absolute Gasteiger partial charge is 0.394 e. The minimum atomic E-state index is -1.50. The van der Waals surface area contributed by atoms with Gasteiger partial charge in [0.05, 0.1) is 19.3 Å². The molecule has 17 heavy (non-hydrogen) atoms. The van der Waals surface area contributed by atoms with E-state index in [1.54, 1.807) is 0 Å². The molecule has 0 aromatic heterocycles. The fourth-order valence-electron chi connectivity index (χ4n) is 1.53. The van der Waals surface area contributed by atoms with E-state index in [4.69, 9.17) is 20.1 Å². The van der Waals surface area contributed by atoms with Gasteiger partial charge in [-0.3, -0.25) is 0 Å². The molecule has 1 aliphatic rings. The van der Waals surface area contributed by atoms with Crippen molar-refractivity contribution in [3.8, 4) is 0 Å². The summed E-state index contributed by atoms with van der Waals surface area (Å²) in [5.74, 6) is -0.677. The zero-order valence-electron chi connectivity index (χ0n) is 11.9. The molecule has 0 heterocycles. The van der Waals surface area contributed by atoms with Crippen molar-refractivity contribution < 1.29 is 20.1 Å². The van der Waals surface area contributed by atoms with Crippen molar-refractivity contribution in [2.75, 3.05) is 13.2 Å². The number of ether oxygens (including phenoxy) is 1. The van der Waals surface area contributed by atoms with Crippen molar-refractivity contribution >= 4 is 0 Å². The van der Waals surface area contributed by atoms with E-state index in [1.165, 1.54) is 33.1 Å². The number of hydrogen-bond acceptors (Lipinski definition) is 4. The molecule has 0 aromatic rings. The molecule has 1 rings (SSSR count). The third kappa shape index (κ3) is 18.4. The van der Waals surface area contributed by atoms with Crippen LogP contribution in [0.15, 0.2) is 0 Å². The van der Waals surface area contributed by atoms with Crippen LogP contribution in [0.3, 0.4) is 0 Å². The summed E-state index contributed by atoms with van der Waals surface area (Å²) in [7, 11) is 0. The normalized spacial score (nSPS) is 23.3. The minimum absolute atomic E-state index is 0.158. The Morgan fingerprint density at radius 2 is 1.65 bits per heavy atom. The fourth-order valence-corrected chi connectivity index (χ4v) is 1.53. The topological polar surface area (TPSA) is 69.9 Å². The summed E-state index contributed by atoms with van der Waals surface area (Å²) in [5.41, 5.74) is 0. The second-order valence-corrected chi connectivity index (χ2v) is 4.63. The van der Waals surface area contributed by atoms with Gasteiger partial charge in [-0.2, -0.15) is 0 Å². The van der Waals surface area contributed by atoms with Gasteiger partial charge >= 0.3 is 0 Å². The highest BCUT2D eigenvalue weighted by Crippen LogP contribution is 2.26. The van der Waals surface area contributed by atoms with Gasteiger partial charge in [-0.25, -0.2) is 0 Å². The minimum Gasteiger partial charge on any atom is -0.394 e. The lowest BCUT2D eigenvalue weighted by molar-refractivity contribution is -0.127. The van der Waals surface area contributed by atoms with E-state index >= 15 is 0 Å². The molecule has 106 valence electrons. The molecule has 1 fully saturated rings. The summed E-state index contributed by atoms with van der Waals surface area (Å²) in [6, 6.07) is 0. The zero-order valence-corrected chi connectivity index (χ0v) is 11.9. The smallest absolute Gasteiger partial charge is 0.156 e. The Bertz CT molecular complexity index is 148. The Balaban J connectivity index is 0. The first kappa shape index (κ1) is 19.2. The molecular weight excluding hydrogens is 220 g/mol. The number of aliphatic hydroxyl groups is 3. The molecule has 0 amide bonds. The molecule has 4 heteroatoms. The Kier molecular flexibility index (Phi) is 12.4. The first-order valence-electron chi connectivity index (χ1n) is 6.50. The van der Waals surface area contributed by atoms with E-state index in [2.05, 4.69) is 6.92 Å². The molecule has 1 aliphatic carbocycles. The van der Waals surface area contributed by atoms with Crippen LogP contribution in [0.2, 0.25) is 0 Å². The van der Waals surface area contributed by atoms with Gasteiger partial charge in [-0.15, -0.1) is 0 Å².